The smallest absolute Gasteiger partial charge is 0.320 e. The van der Waals surface area contributed by atoms with Crippen molar-refractivity contribution >= 4 is 11.9 Å². The number of likely N-dealkylation sites (N-methyl/N-ethyl adjacent to an activating group) is 1. The van der Waals surface area contributed by atoms with Gasteiger partial charge in [0.25, 0.3) is 0 Å². The van der Waals surface area contributed by atoms with Crippen LogP contribution in [0.4, 0.5) is 0 Å². The Morgan fingerprint density at radius 3 is 2.76 bits per heavy atom. The summed E-state index contributed by atoms with van der Waals surface area (Å²) in [6, 6.07) is -0.275. The van der Waals surface area contributed by atoms with Gasteiger partial charge in [0.05, 0.1) is 13.2 Å². The molecule has 1 saturated heterocycles. The number of amides is 1. The van der Waals surface area contributed by atoms with Gasteiger partial charge in [-0.15, -0.1) is 0 Å². The molecule has 0 spiro atoms. The lowest BCUT2D eigenvalue weighted by atomic mass is 10.1. The Balaban J connectivity index is 2.59. The molecule has 1 heterocycles. The summed E-state index contributed by atoms with van der Waals surface area (Å²) in [6.45, 7) is 4.38. The lowest BCUT2D eigenvalue weighted by Gasteiger charge is -2.35. The first-order chi connectivity index (χ1) is 8.06. The highest BCUT2D eigenvalue weighted by atomic mass is 16.5. The maximum atomic E-state index is 11.9. The fraction of sp³-hybridized carbons (Fsp3) is 0.818. The van der Waals surface area contributed by atoms with Gasteiger partial charge >= 0.3 is 5.97 Å². The predicted octanol–water partition coefficient (Wildman–Crippen LogP) is -1.09. The van der Waals surface area contributed by atoms with Crippen molar-refractivity contribution < 1.29 is 14.3 Å². The Kier molecular flexibility index (Phi) is 5.37. The van der Waals surface area contributed by atoms with Crippen molar-refractivity contribution in [3.8, 4) is 0 Å². The maximum Gasteiger partial charge on any atom is 0.320 e. The number of carbonyl (C=O) groups excluding carboxylic acids is 2. The number of nitrogens with one attached hydrogen (secondary N) is 1. The second kappa shape index (κ2) is 6.56. The number of esters is 1. The molecule has 1 aliphatic rings. The predicted molar refractivity (Wildman–Crippen MR) is 63.6 cm³/mol. The van der Waals surface area contributed by atoms with Gasteiger partial charge in [-0.2, -0.15) is 0 Å². The van der Waals surface area contributed by atoms with E-state index in [1.807, 2.05) is 4.90 Å². The zero-order valence-corrected chi connectivity index (χ0v) is 10.7. The first kappa shape index (κ1) is 13.9. The molecule has 1 fully saturated rings. The number of rotatable bonds is 4. The molecule has 1 aliphatic heterocycles. The first-order valence-electron chi connectivity index (χ1n) is 5.87. The molecule has 1 atom stereocenters. The molecule has 1 unspecified atom stereocenters. The van der Waals surface area contributed by atoms with Crippen LogP contribution >= 0.6 is 0 Å². The molecule has 0 aliphatic carbocycles. The number of ether oxygens (including phenoxy) is 1. The number of carbonyl (C=O) groups is 2. The van der Waals surface area contributed by atoms with E-state index < -0.39 is 0 Å². The van der Waals surface area contributed by atoms with Crippen molar-refractivity contribution in [2.24, 2.45) is 0 Å². The highest BCUT2D eigenvalue weighted by molar-refractivity contribution is 5.82. The highest BCUT2D eigenvalue weighted by Crippen LogP contribution is 2.06. The minimum absolute atomic E-state index is 0.0153. The lowest BCUT2D eigenvalue weighted by molar-refractivity contribution is -0.147. The number of piperazine rings is 1. The Hall–Kier alpha value is -1.14. The minimum Gasteiger partial charge on any atom is -0.465 e. The van der Waals surface area contributed by atoms with Crippen LogP contribution in [0.1, 0.15) is 6.92 Å². The maximum absolute atomic E-state index is 11.9. The van der Waals surface area contributed by atoms with E-state index in [2.05, 4.69) is 5.32 Å². The summed E-state index contributed by atoms with van der Waals surface area (Å²) in [7, 11) is 3.44. The normalized spacial score (nSPS) is 21.0. The Morgan fingerprint density at radius 2 is 2.18 bits per heavy atom. The molecule has 0 saturated carbocycles. The summed E-state index contributed by atoms with van der Waals surface area (Å²) in [5.74, 6) is -0.257. The van der Waals surface area contributed by atoms with Crippen LogP contribution in [-0.2, 0) is 14.3 Å². The van der Waals surface area contributed by atoms with E-state index >= 15 is 0 Å². The first-order valence-corrected chi connectivity index (χ1v) is 5.87. The molecule has 0 radical (unpaired) electrons. The third-order valence-electron chi connectivity index (χ3n) is 2.72. The van der Waals surface area contributed by atoms with Crippen LogP contribution in [0.15, 0.2) is 0 Å². The molecule has 98 valence electrons. The highest BCUT2D eigenvalue weighted by Gasteiger charge is 2.31. The van der Waals surface area contributed by atoms with Crippen molar-refractivity contribution in [1.82, 2.24) is 15.1 Å². The van der Waals surface area contributed by atoms with Crippen LogP contribution in [0, 0.1) is 0 Å². The summed E-state index contributed by atoms with van der Waals surface area (Å²) < 4.78 is 4.91. The van der Waals surface area contributed by atoms with E-state index in [1.54, 1.807) is 25.9 Å². The van der Waals surface area contributed by atoms with E-state index in [1.165, 1.54) is 0 Å². The van der Waals surface area contributed by atoms with E-state index in [9.17, 15) is 9.59 Å². The molecule has 0 bridgehead atoms. The third-order valence-corrected chi connectivity index (χ3v) is 2.72. The van der Waals surface area contributed by atoms with Crippen LogP contribution in [0.25, 0.3) is 0 Å². The zero-order valence-electron chi connectivity index (χ0n) is 10.7. The second-order valence-corrected chi connectivity index (χ2v) is 4.23. The number of hydrogen-bond acceptors (Lipinski definition) is 5. The van der Waals surface area contributed by atoms with E-state index in [0.717, 1.165) is 6.54 Å². The zero-order chi connectivity index (χ0) is 12.8. The molecule has 0 aromatic rings. The van der Waals surface area contributed by atoms with Crippen molar-refractivity contribution in [2.75, 3.05) is 46.9 Å². The monoisotopic (exact) mass is 243 g/mol. The molecule has 0 aromatic carbocycles. The van der Waals surface area contributed by atoms with Gasteiger partial charge in [0, 0.05) is 33.7 Å². The van der Waals surface area contributed by atoms with Crippen molar-refractivity contribution in [2.45, 2.75) is 13.0 Å². The number of hydrogen-bond donors (Lipinski definition) is 1. The molecule has 1 amide bonds. The van der Waals surface area contributed by atoms with Crippen molar-refractivity contribution in [1.29, 1.82) is 0 Å². The summed E-state index contributed by atoms with van der Waals surface area (Å²) in [6.07, 6.45) is 0. The van der Waals surface area contributed by atoms with Crippen molar-refractivity contribution in [3.63, 3.8) is 0 Å². The van der Waals surface area contributed by atoms with Crippen LogP contribution in [-0.4, -0.2) is 74.6 Å². The van der Waals surface area contributed by atoms with Crippen LogP contribution in [0.2, 0.25) is 0 Å². The van der Waals surface area contributed by atoms with Gasteiger partial charge in [-0.25, -0.2) is 0 Å². The van der Waals surface area contributed by atoms with Gasteiger partial charge in [-0.1, -0.05) is 0 Å². The quantitative estimate of drug-likeness (QED) is 0.636. The van der Waals surface area contributed by atoms with Crippen molar-refractivity contribution in [3.05, 3.63) is 0 Å². The summed E-state index contributed by atoms with van der Waals surface area (Å²) >= 11 is 0. The Bertz CT molecular complexity index is 281. The van der Waals surface area contributed by atoms with Crippen LogP contribution in [0.5, 0.6) is 0 Å². The van der Waals surface area contributed by atoms with Gasteiger partial charge in [-0.05, 0) is 6.92 Å². The molecular formula is C11H21N3O3. The summed E-state index contributed by atoms with van der Waals surface area (Å²) in [5.41, 5.74) is 0. The molecule has 1 N–H and O–H groups in total. The fourth-order valence-electron chi connectivity index (χ4n) is 1.85. The largest absolute Gasteiger partial charge is 0.465 e. The molecular weight excluding hydrogens is 222 g/mol. The fourth-order valence-corrected chi connectivity index (χ4v) is 1.85. The van der Waals surface area contributed by atoms with Gasteiger partial charge in [-0.3, -0.25) is 14.5 Å². The van der Waals surface area contributed by atoms with Gasteiger partial charge < -0.3 is 15.0 Å². The Morgan fingerprint density at radius 1 is 1.47 bits per heavy atom. The molecule has 17 heavy (non-hydrogen) atoms. The molecule has 6 nitrogen and oxygen atoms in total. The molecule has 1 rings (SSSR count). The lowest BCUT2D eigenvalue weighted by Crippen LogP contribution is -2.58. The summed E-state index contributed by atoms with van der Waals surface area (Å²) in [4.78, 5) is 26.8. The molecule has 6 heteroatoms. The average molecular weight is 243 g/mol. The van der Waals surface area contributed by atoms with E-state index in [-0.39, 0.29) is 24.5 Å². The standard InChI is InChI=1S/C11H21N3O3/c1-4-17-10(15)8-14-6-5-12-7-9(14)11(16)13(2)3/h9,12H,4-8H2,1-3H3. The van der Waals surface area contributed by atoms with E-state index in [4.69, 9.17) is 4.74 Å². The van der Waals surface area contributed by atoms with Gasteiger partial charge in [0.1, 0.15) is 6.04 Å². The van der Waals surface area contributed by atoms with Gasteiger partial charge in [0.15, 0.2) is 0 Å². The third kappa shape index (κ3) is 3.98. The second-order valence-electron chi connectivity index (χ2n) is 4.23. The average Bonchev–Trinajstić information content (AvgIpc) is 2.29. The molecule has 0 aromatic heterocycles. The van der Waals surface area contributed by atoms with Gasteiger partial charge in [0.2, 0.25) is 5.91 Å². The topological polar surface area (TPSA) is 61.9 Å². The Labute approximate surface area is 102 Å². The SMILES string of the molecule is CCOC(=O)CN1CCNCC1C(=O)N(C)C. The van der Waals surface area contributed by atoms with Crippen LogP contribution in [0.3, 0.4) is 0 Å². The summed E-state index contributed by atoms with van der Waals surface area (Å²) in [5, 5.41) is 3.16. The minimum atomic E-state index is -0.275. The number of nitrogens with zero attached hydrogens (tertiary/aromatic N) is 2. The van der Waals surface area contributed by atoms with Crippen LogP contribution < -0.4 is 5.32 Å². The van der Waals surface area contributed by atoms with E-state index in [0.29, 0.717) is 19.7 Å².